The number of anilines is 2. The molecular formula is C23H25ClN4O5. The van der Waals surface area contributed by atoms with E-state index in [1.807, 2.05) is 0 Å². The van der Waals surface area contributed by atoms with Gasteiger partial charge in [0.25, 0.3) is 0 Å². The number of benzene rings is 2. The Hall–Kier alpha value is -3.30. The SMILES string of the molecule is COc1ccc(OC)c(NC(=O)[C@@H]2C[C@@H](CCC(N)=O)N[C@@]23C(=O)Nc2ccc(Cl)cc23)c1. The molecule has 2 aliphatic heterocycles. The zero-order valence-electron chi connectivity index (χ0n) is 18.2. The zero-order valence-corrected chi connectivity index (χ0v) is 19.0. The first-order chi connectivity index (χ1) is 15.8. The van der Waals surface area contributed by atoms with E-state index in [9.17, 15) is 14.4 Å². The van der Waals surface area contributed by atoms with Crippen LogP contribution in [0.3, 0.4) is 0 Å². The van der Waals surface area contributed by atoms with Gasteiger partial charge in [-0.2, -0.15) is 0 Å². The molecule has 0 aromatic heterocycles. The van der Waals surface area contributed by atoms with E-state index in [2.05, 4.69) is 16.0 Å². The Kier molecular flexibility index (Phi) is 6.18. The van der Waals surface area contributed by atoms with Crippen LogP contribution in [-0.2, 0) is 19.9 Å². The van der Waals surface area contributed by atoms with Gasteiger partial charge < -0.3 is 25.8 Å². The number of carbonyl (C=O) groups is 3. The van der Waals surface area contributed by atoms with Gasteiger partial charge in [-0.15, -0.1) is 0 Å². The number of ether oxygens (including phenoxy) is 2. The summed E-state index contributed by atoms with van der Waals surface area (Å²) in [6.45, 7) is 0. The van der Waals surface area contributed by atoms with Gasteiger partial charge in [0.15, 0.2) is 0 Å². The number of primary amides is 1. The predicted octanol–water partition coefficient (Wildman–Crippen LogP) is 2.39. The molecule has 2 heterocycles. The summed E-state index contributed by atoms with van der Waals surface area (Å²) in [6, 6.07) is 9.84. The molecule has 3 atom stereocenters. The minimum atomic E-state index is -1.33. The minimum Gasteiger partial charge on any atom is -0.497 e. The Bertz CT molecular complexity index is 1120. The lowest BCUT2D eigenvalue weighted by molar-refractivity contribution is -0.130. The van der Waals surface area contributed by atoms with E-state index in [0.717, 1.165) is 0 Å². The average Bonchev–Trinajstić information content (AvgIpc) is 3.31. The van der Waals surface area contributed by atoms with Crippen LogP contribution in [0.4, 0.5) is 11.4 Å². The first-order valence-electron chi connectivity index (χ1n) is 10.5. The summed E-state index contributed by atoms with van der Waals surface area (Å²) in [7, 11) is 3.02. The second kappa shape index (κ2) is 8.92. The number of carbonyl (C=O) groups excluding carboxylic acids is 3. The fourth-order valence-corrected chi connectivity index (χ4v) is 4.84. The van der Waals surface area contributed by atoms with E-state index in [-0.39, 0.29) is 24.3 Å². The van der Waals surface area contributed by atoms with Gasteiger partial charge in [0.2, 0.25) is 17.7 Å². The Morgan fingerprint density at radius 2 is 2.00 bits per heavy atom. The van der Waals surface area contributed by atoms with Crippen molar-refractivity contribution in [2.24, 2.45) is 11.7 Å². The predicted molar refractivity (Wildman–Crippen MR) is 123 cm³/mol. The number of amides is 3. The number of hydrogen-bond donors (Lipinski definition) is 4. The molecule has 1 spiro atoms. The minimum absolute atomic E-state index is 0.135. The topological polar surface area (TPSA) is 132 Å². The van der Waals surface area contributed by atoms with Crippen LogP contribution in [0.5, 0.6) is 11.5 Å². The van der Waals surface area contributed by atoms with Crippen LogP contribution in [-0.4, -0.2) is 38.0 Å². The summed E-state index contributed by atoms with van der Waals surface area (Å²) >= 11 is 6.24. The molecule has 1 fully saturated rings. The van der Waals surface area contributed by atoms with Crippen molar-refractivity contribution in [2.45, 2.75) is 30.8 Å². The van der Waals surface area contributed by atoms with Gasteiger partial charge >= 0.3 is 0 Å². The fraction of sp³-hybridized carbons (Fsp3) is 0.348. The van der Waals surface area contributed by atoms with Gasteiger partial charge in [-0.3, -0.25) is 19.7 Å². The highest BCUT2D eigenvalue weighted by Gasteiger charge is 2.60. The van der Waals surface area contributed by atoms with E-state index in [1.165, 1.54) is 14.2 Å². The quantitative estimate of drug-likeness (QED) is 0.489. The van der Waals surface area contributed by atoms with Crippen LogP contribution in [0.15, 0.2) is 36.4 Å². The van der Waals surface area contributed by atoms with Crippen LogP contribution in [0.1, 0.15) is 24.8 Å². The van der Waals surface area contributed by atoms with Crippen LogP contribution in [0.2, 0.25) is 5.02 Å². The molecule has 33 heavy (non-hydrogen) atoms. The summed E-state index contributed by atoms with van der Waals surface area (Å²) in [6.07, 6.45) is 0.854. The largest absolute Gasteiger partial charge is 0.497 e. The van der Waals surface area contributed by atoms with Gasteiger partial charge in [-0.05, 0) is 43.2 Å². The number of fused-ring (bicyclic) bond motifs is 2. The number of methoxy groups -OCH3 is 2. The Labute approximate surface area is 195 Å². The van der Waals surface area contributed by atoms with Crippen LogP contribution < -0.4 is 31.2 Å². The molecule has 1 saturated heterocycles. The molecule has 2 aliphatic rings. The molecule has 174 valence electrons. The number of hydrogen-bond acceptors (Lipinski definition) is 6. The molecular weight excluding hydrogens is 448 g/mol. The van der Waals surface area contributed by atoms with Crippen molar-refractivity contribution in [1.29, 1.82) is 0 Å². The zero-order chi connectivity index (χ0) is 23.8. The highest BCUT2D eigenvalue weighted by Crippen LogP contribution is 2.48. The first kappa shape index (κ1) is 22.9. The van der Waals surface area contributed by atoms with Gasteiger partial charge in [0.05, 0.1) is 25.8 Å². The van der Waals surface area contributed by atoms with E-state index in [4.69, 9.17) is 26.8 Å². The smallest absolute Gasteiger partial charge is 0.250 e. The standard InChI is InChI=1S/C23H25ClN4O5/c1-32-14-5-7-19(33-2)18(11-14)26-21(30)16-10-13(4-8-20(25)29)28-23(16)15-9-12(24)3-6-17(15)27-22(23)31/h3,5-7,9,11,13,16,28H,4,8,10H2,1-2H3,(H2,25,29)(H,26,30)(H,27,31)/t13-,16+,23-/m1/s1. The second-order valence-corrected chi connectivity index (χ2v) is 8.58. The van der Waals surface area contributed by atoms with E-state index >= 15 is 0 Å². The van der Waals surface area contributed by atoms with Crippen molar-refractivity contribution >= 4 is 40.7 Å². The maximum Gasteiger partial charge on any atom is 0.250 e. The molecule has 4 rings (SSSR count). The van der Waals surface area contributed by atoms with Crippen LogP contribution >= 0.6 is 11.6 Å². The second-order valence-electron chi connectivity index (χ2n) is 8.14. The lowest BCUT2D eigenvalue weighted by Crippen LogP contribution is -2.52. The van der Waals surface area contributed by atoms with Crippen molar-refractivity contribution in [1.82, 2.24) is 5.32 Å². The average molecular weight is 473 g/mol. The maximum absolute atomic E-state index is 13.6. The molecule has 5 N–H and O–H groups in total. The summed E-state index contributed by atoms with van der Waals surface area (Å²) in [5.41, 5.74) is 5.59. The van der Waals surface area contributed by atoms with Gasteiger partial charge in [-0.1, -0.05) is 11.6 Å². The van der Waals surface area contributed by atoms with Crippen molar-refractivity contribution in [3.63, 3.8) is 0 Å². The number of nitrogens with one attached hydrogen (secondary N) is 3. The van der Waals surface area contributed by atoms with Gasteiger partial charge in [0.1, 0.15) is 17.0 Å². The Morgan fingerprint density at radius 3 is 2.70 bits per heavy atom. The third kappa shape index (κ3) is 4.09. The maximum atomic E-state index is 13.6. The molecule has 0 aliphatic carbocycles. The normalized spacial score (nSPS) is 23.2. The molecule has 0 unspecified atom stereocenters. The van der Waals surface area contributed by atoms with Crippen LogP contribution in [0.25, 0.3) is 0 Å². The highest BCUT2D eigenvalue weighted by molar-refractivity contribution is 6.31. The van der Waals surface area contributed by atoms with Crippen molar-refractivity contribution in [3.8, 4) is 11.5 Å². The molecule has 2 aromatic carbocycles. The Morgan fingerprint density at radius 1 is 1.21 bits per heavy atom. The summed E-state index contributed by atoms with van der Waals surface area (Å²) in [5.74, 6) is -0.961. The number of rotatable bonds is 7. The molecule has 3 amide bonds. The van der Waals surface area contributed by atoms with Crippen LogP contribution in [0, 0.1) is 5.92 Å². The number of nitrogens with two attached hydrogens (primary N) is 1. The lowest BCUT2D eigenvalue weighted by Gasteiger charge is -2.29. The van der Waals surface area contributed by atoms with Crippen molar-refractivity contribution in [2.75, 3.05) is 24.9 Å². The van der Waals surface area contributed by atoms with E-state index in [1.54, 1.807) is 36.4 Å². The molecule has 9 nitrogen and oxygen atoms in total. The summed E-state index contributed by atoms with van der Waals surface area (Å²) in [4.78, 5) is 38.3. The Balaban J connectivity index is 1.72. The van der Waals surface area contributed by atoms with Gasteiger partial charge in [0, 0.05) is 34.8 Å². The fourth-order valence-electron chi connectivity index (χ4n) is 4.67. The molecule has 10 heteroatoms. The lowest BCUT2D eigenvalue weighted by atomic mass is 9.79. The summed E-state index contributed by atoms with van der Waals surface area (Å²) in [5, 5.41) is 9.52. The van der Waals surface area contributed by atoms with Crippen molar-refractivity contribution in [3.05, 3.63) is 47.0 Å². The highest BCUT2D eigenvalue weighted by atomic mass is 35.5. The van der Waals surface area contributed by atoms with Crippen molar-refractivity contribution < 1.29 is 23.9 Å². The first-order valence-corrected chi connectivity index (χ1v) is 10.9. The monoisotopic (exact) mass is 472 g/mol. The number of halogens is 1. The van der Waals surface area contributed by atoms with E-state index < -0.39 is 17.4 Å². The third-order valence-electron chi connectivity index (χ3n) is 6.21. The van der Waals surface area contributed by atoms with Gasteiger partial charge in [-0.25, -0.2) is 0 Å². The summed E-state index contributed by atoms with van der Waals surface area (Å²) < 4.78 is 10.6. The molecule has 0 radical (unpaired) electrons. The molecule has 2 aromatic rings. The van der Waals surface area contributed by atoms with E-state index in [0.29, 0.717) is 46.3 Å². The molecule has 0 bridgehead atoms. The third-order valence-corrected chi connectivity index (χ3v) is 6.44. The molecule has 0 saturated carbocycles.